The highest BCUT2D eigenvalue weighted by molar-refractivity contribution is 4.84. The van der Waals surface area contributed by atoms with E-state index in [1.807, 2.05) is 0 Å². The lowest BCUT2D eigenvalue weighted by Gasteiger charge is -2.27. The third-order valence-electron chi connectivity index (χ3n) is 1.89. The second-order valence-corrected chi connectivity index (χ2v) is 2.54. The largest absolute Gasteiger partial charge is 0.381 e. The van der Waals surface area contributed by atoms with Crippen LogP contribution in [0.25, 0.3) is 10.4 Å². The number of methoxy groups -OCH3 is 1. The average molecular weight is 156 g/mol. The van der Waals surface area contributed by atoms with Crippen LogP contribution in [-0.2, 0) is 4.74 Å². The Morgan fingerprint density at radius 1 is 1.73 bits per heavy atom. The molecule has 1 saturated heterocycles. The number of nitrogens with one attached hydrogen (secondary N) is 1. The zero-order valence-electron chi connectivity index (χ0n) is 6.53. The Bertz CT molecular complexity index is 166. The molecule has 1 rings (SSSR count). The molecule has 1 aliphatic heterocycles. The van der Waals surface area contributed by atoms with Gasteiger partial charge in [0.15, 0.2) is 0 Å². The first-order chi connectivity index (χ1) is 5.38. The summed E-state index contributed by atoms with van der Waals surface area (Å²) in [7, 11) is 1.65. The molecule has 1 aliphatic rings. The van der Waals surface area contributed by atoms with Crippen molar-refractivity contribution in [1.29, 1.82) is 0 Å². The second kappa shape index (κ2) is 4.18. The highest BCUT2D eigenvalue weighted by atomic mass is 16.5. The molecule has 11 heavy (non-hydrogen) atoms. The van der Waals surface area contributed by atoms with Crippen molar-refractivity contribution in [3.05, 3.63) is 10.4 Å². The molecule has 0 aromatic carbocycles. The van der Waals surface area contributed by atoms with E-state index in [9.17, 15) is 0 Å². The van der Waals surface area contributed by atoms with E-state index in [0.29, 0.717) is 0 Å². The van der Waals surface area contributed by atoms with E-state index in [0.717, 1.165) is 19.5 Å². The Labute approximate surface area is 65.4 Å². The zero-order chi connectivity index (χ0) is 8.10. The predicted molar refractivity (Wildman–Crippen MR) is 41.2 cm³/mol. The second-order valence-electron chi connectivity index (χ2n) is 2.54. The molecule has 0 saturated carbocycles. The number of nitrogens with zero attached hydrogens (tertiary/aromatic N) is 3. The van der Waals surface area contributed by atoms with Gasteiger partial charge in [-0.15, -0.1) is 0 Å². The summed E-state index contributed by atoms with van der Waals surface area (Å²) < 4.78 is 5.15. The van der Waals surface area contributed by atoms with Crippen molar-refractivity contribution in [3.63, 3.8) is 0 Å². The summed E-state index contributed by atoms with van der Waals surface area (Å²) in [6.45, 7) is 1.67. The van der Waals surface area contributed by atoms with Gasteiger partial charge >= 0.3 is 0 Å². The van der Waals surface area contributed by atoms with Crippen LogP contribution in [0, 0.1) is 0 Å². The van der Waals surface area contributed by atoms with E-state index in [4.69, 9.17) is 10.3 Å². The molecule has 0 bridgehead atoms. The molecule has 0 aliphatic carbocycles. The fourth-order valence-corrected chi connectivity index (χ4v) is 1.27. The molecular weight excluding hydrogens is 144 g/mol. The highest BCUT2D eigenvalue weighted by Gasteiger charge is 2.22. The van der Waals surface area contributed by atoms with Gasteiger partial charge in [-0.3, -0.25) is 0 Å². The van der Waals surface area contributed by atoms with E-state index in [1.165, 1.54) is 0 Å². The van der Waals surface area contributed by atoms with Gasteiger partial charge in [0.25, 0.3) is 0 Å². The summed E-state index contributed by atoms with van der Waals surface area (Å²) in [4.78, 5) is 2.76. The molecule has 0 aromatic heterocycles. The fraction of sp³-hybridized carbons (Fsp3) is 1.00. The predicted octanol–water partition coefficient (Wildman–Crippen LogP) is 0.674. The van der Waals surface area contributed by atoms with Gasteiger partial charge in [0.05, 0.1) is 12.1 Å². The third kappa shape index (κ3) is 2.08. The third-order valence-corrected chi connectivity index (χ3v) is 1.89. The van der Waals surface area contributed by atoms with E-state index in [1.54, 1.807) is 7.11 Å². The lowest BCUT2D eigenvalue weighted by Crippen LogP contribution is -2.43. The molecule has 1 heterocycles. The molecule has 0 unspecified atom stereocenters. The molecular formula is C6H12N4O. The molecule has 62 valence electrons. The summed E-state index contributed by atoms with van der Waals surface area (Å²) >= 11 is 0. The van der Waals surface area contributed by atoms with Crippen molar-refractivity contribution < 1.29 is 4.74 Å². The maximum atomic E-state index is 8.21. The van der Waals surface area contributed by atoms with Crippen LogP contribution in [0.3, 0.4) is 0 Å². The minimum atomic E-state index is -0.0428. The molecule has 2 atom stereocenters. The van der Waals surface area contributed by atoms with Crippen molar-refractivity contribution in [2.24, 2.45) is 5.11 Å². The molecule has 1 N–H and O–H groups in total. The first-order valence-corrected chi connectivity index (χ1v) is 3.66. The summed E-state index contributed by atoms with van der Waals surface area (Å²) in [6.07, 6.45) is 1.01. The van der Waals surface area contributed by atoms with Crippen LogP contribution in [0.2, 0.25) is 0 Å². The van der Waals surface area contributed by atoms with Crippen molar-refractivity contribution >= 4 is 0 Å². The minimum Gasteiger partial charge on any atom is -0.381 e. The topological polar surface area (TPSA) is 70.0 Å². The monoisotopic (exact) mass is 156 g/mol. The van der Waals surface area contributed by atoms with Gasteiger partial charge in [0.2, 0.25) is 0 Å². The summed E-state index contributed by atoms with van der Waals surface area (Å²) in [5.41, 5.74) is 8.21. The SMILES string of the molecule is CO[C@@H]1CCNC[C@H]1N=[N+]=[N-]. The summed E-state index contributed by atoms with van der Waals surface area (Å²) in [5.74, 6) is 0. The Morgan fingerprint density at radius 2 is 2.55 bits per heavy atom. The van der Waals surface area contributed by atoms with Crippen molar-refractivity contribution in [2.75, 3.05) is 20.2 Å². The van der Waals surface area contributed by atoms with Gasteiger partial charge in [-0.05, 0) is 18.5 Å². The van der Waals surface area contributed by atoms with Crippen molar-refractivity contribution in [1.82, 2.24) is 5.32 Å². The lowest BCUT2D eigenvalue weighted by atomic mass is 10.1. The Balaban J connectivity index is 2.50. The van der Waals surface area contributed by atoms with Crippen LogP contribution in [0.5, 0.6) is 0 Å². The van der Waals surface area contributed by atoms with Crippen molar-refractivity contribution in [3.8, 4) is 0 Å². The van der Waals surface area contributed by atoms with Crippen LogP contribution in [0.15, 0.2) is 5.11 Å². The summed E-state index contributed by atoms with van der Waals surface area (Å²) in [6, 6.07) is -0.0428. The smallest absolute Gasteiger partial charge is 0.0761 e. The molecule has 1 fully saturated rings. The Hall–Kier alpha value is -0.770. The van der Waals surface area contributed by atoms with Crippen LogP contribution in [-0.4, -0.2) is 32.3 Å². The van der Waals surface area contributed by atoms with E-state index >= 15 is 0 Å². The maximum absolute atomic E-state index is 8.21. The van der Waals surface area contributed by atoms with E-state index in [2.05, 4.69) is 15.3 Å². The number of ether oxygens (including phenoxy) is 1. The zero-order valence-corrected chi connectivity index (χ0v) is 6.53. The van der Waals surface area contributed by atoms with Crippen LogP contribution >= 0.6 is 0 Å². The van der Waals surface area contributed by atoms with Gasteiger partial charge in [-0.1, -0.05) is 5.11 Å². The highest BCUT2D eigenvalue weighted by Crippen LogP contribution is 2.10. The van der Waals surface area contributed by atoms with Crippen molar-refractivity contribution in [2.45, 2.75) is 18.6 Å². The molecule has 0 spiro atoms. The first kappa shape index (κ1) is 8.33. The van der Waals surface area contributed by atoms with Gasteiger partial charge in [0.1, 0.15) is 0 Å². The molecule has 5 nitrogen and oxygen atoms in total. The van der Waals surface area contributed by atoms with Gasteiger partial charge < -0.3 is 10.1 Å². The number of rotatable bonds is 2. The number of piperidine rings is 1. The van der Waals surface area contributed by atoms with Crippen LogP contribution in [0.4, 0.5) is 0 Å². The normalized spacial score (nSPS) is 31.0. The van der Waals surface area contributed by atoms with Gasteiger partial charge in [-0.2, -0.15) is 0 Å². The quantitative estimate of drug-likeness (QED) is 0.362. The fourth-order valence-electron chi connectivity index (χ4n) is 1.27. The minimum absolute atomic E-state index is 0.0428. The number of hydrogen-bond donors (Lipinski definition) is 1. The first-order valence-electron chi connectivity index (χ1n) is 3.66. The Kier molecular flexibility index (Phi) is 3.16. The number of hydrogen-bond acceptors (Lipinski definition) is 3. The van der Waals surface area contributed by atoms with E-state index in [-0.39, 0.29) is 12.1 Å². The molecule has 5 heteroatoms. The average Bonchev–Trinajstić information content (AvgIpc) is 2.06. The molecule has 0 radical (unpaired) electrons. The van der Waals surface area contributed by atoms with Crippen LogP contribution in [0.1, 0.15) is 6.42 Å². The summed E-state index contributed by atoms with van der Waals surface area (Å²) in [5, 5.41) is 6.77. The molecule has 0 aromatic rings. The van der Waals surface area contributed by atoms with Crippen LogP contribution < -0.4 is 5.32 Å². The van der Waals surface area contributed by atoms with E-state index < -0.39 is 0 Å². The maximum Gasteiger partial charge on any atom is 0.0761 e. The number of azide groups is 1. The Morgan fingerprint density at radius 3 is 3.18 bits per heavy atom. The van der Waals surface area contributed by atoms with Gasteiger partial charge in [0, 0.05) is 18.6 Å². The lowest BCUT2D eigenvalue weighted by molar-refractivity contribution is 0.0608. The molecule has 0 amide bonds. The van der Waals surface area contributed by atoms with Gasteiger partial charge in [-0.25, -0.2) is 0 Å². The standard InChI is InChI=1S/C6H12N4O/c1-11-6-2-3-8-4-5(6)9-10-7/h5-6,8H,2-4H2,1H3/t5-,6-/m1/s1.